The second-order valence-corrected chi connectivity index (χ2v) is 8.41. The Hall–Kier alpha value is -4.21. The number of alkyl halides is 2. The summed E-state index contributed by atoms with van der Waals surface area (Å²) in [7, 11) is 1.68. The predicted octanol–water partition coefficient (Wildman–Crippen LogP) is 4.65. The van der Waals surface area contributed by atoms with Gasteiger partial charge in [-0.3, -0.25) is 9.48 Å². The molecule has 10 heteroatoms. The third-order valence-corrected chi connectivity index (χ3v) is 5.95. The van der Waals surface area contributed by atoms with E-state index in [9.17, 15) is 18.0 Å². The Kier molecular flexibility index (Phi) is 5.50. The number of nitrogens with one attached hydrogen (secondary N) is 2. The van der Waals surface area contributed by atoms with E-state index in [0.29, 0.717) is 33.5 Å². The molecule has 0 radical (unpaired) electrons. The quantitative estimate of drug-likeness (QED) is 0.372. The van der Waals surface area contributed by atoms with Crippen molar-refractivity contribution < 1.29 is 18.0 Å². The van der Waals surface area contributed by atoms with Crippen LogP contribution in [-0.2, 0) is 13.5 Å². The second kappa shape index (κ2) is 8.53. The Morgan fingerprint density at radius 2 is 1.97 bits per heavy atom. The lowest BCUT2D eigenvalue weighted by Gasteiger charge is -2.24. The van der Waals surface area contributed by atoms with Gasteiger partial charge in [-0.15, -0.1) is 0 Å². The first kappa shape index (κ1) is 22.6. The number of hydrogen-bond donors (Lipinski definition) is 2. The normalized spacial score (nSPS) is 12.8. The maximum atomic E-state index is 14.8. The van der Waals surface area contributed by atoms with Crippen molar-refractivity contribution >= 4 is 28.0 Å². The lowest BCUT2D eigenvalue weighted by atomic mass is 10.0. The zero-order chi connectivity index (χ0) is 24.7. The Bertz CT molecular complexity index is 1540. The molecule has 0 spiro atoms. The summed E-state index contributed by atoms with van der Waals surface area (Å²) in [6.45, 7) is 1.27. The summed E-state index contributed by atoms with van der Waals surface area (Å²) >= 11 is 0. The van der Waals surface area contributed by atoms with Gasteiger partial charge in [0.05, 0.1) is 23.3 Å². The van der Waals surface area contributed by atoms with Crippen LogP contribution in [0.25, 0.3) is 33.5 Å². The molecule has 1 atom stereocenters. The molecule has 178 valence electrons. The van der Waals surface area contributed by atoms with Gasteiger partial charge in [0.2, 0.25) is 0 Å². The van der Waals surface area contributed by atoms with Gasteiger partial charge in [0.25, 0.3) is 11.8 Å². The van der Waals surface area contributed by atoms with E-state index in [1.54, 1.807) is 43.4 Å². The summed E-state index contributed by atoms with van der Waals surface area (Å²) in [4.78, 5) is 24.6. The maximum Gasteiger partial charge on any atom is 0.271 e. The first-order valence-corrected chi connectivity index (χ1v) is 10.9. The van der Waals surface area contributed by atoms with E-state index in [1.165, 1.54) is 36.1 Å². The molecule has 0 aliphatic heterocycles. The molecule has 0 aliphatic carbocycles. The Labute approximate surface area is 198 Å². The standard InChI is InChI=1S/C25H21F3N6O/c1-14(25(27,28)11-15-6-4-3-5-7-15)31-24(35)18-12-29-23-22(18)32-19(13-30-23)21-17-9-8-16(26)10-20(17)34(2)33-21/h3-10,12-14H,11H2,1-2H3,(H,29,30)(H,31,35)/t14-/m1/s1. The number of benzene rings is 2. The van der Waals surface area contributed by atoms with E-state index in [-0.39, 0.29) is 11.1 Å². The van der Waals surface area contributed by atoms with Crippen molar-refractivity contribution in [2.45, 2.75) is 25.3 Å². The molecule has 5 aromatic rings. The van der Waals surface area contributed by atoms with Gasteiger partial charge in [0.15, 0.2) is 5.65 Å². The van der Waals surface area contributed by atoms with E-state index in [0.717, 1.165) is 0 Å². The molecule has 0 saturated carbocycles. The second-order valence-electron chi connectivity index (χ2n) is 8.41. The number of aromatic nitrogens is 5. The number of fused-ring (bicyclic) bond motifs is 2. The van der Waals surface area contributed by atoms with Crippen molar-refractivity contribution in [3.8, 4) is 11.4 Å². The maximum absolute atomic E-state index is 14.8. The molecule has 3 aromatic heterocycles. The molecule has 0 unspecified atom stereocenters. The SMILES string of the molecule is C[C@@H](NC(=O)c1c[nH]c2ncc(-c3nn(C)c4cc(F)ccc34)nc12)C(F)(F)Cc1ccccc1. The zero-order valence-electron chi connectivity index (χ0n) is 18.9. The van der Waals surface area contributed by atoms with Gasteiger partial charge in [-0.1, -0.05) is 30.3 Å². The number of rotatable bonds is 6. The van der Waals surface area contributed by atoms with Gasteiger partial charge in [-0.2, -0.15) is 5.10 Å². The highest BCUT2D eigenvalue weighted by atomic mass is 19.3. The third kappa shape index (κ3) is 4.23. The van der Waals surface area contributed by atoms with Gasteiger partial charge in [0, 0.05) is 25.1 Å². The van der Waals surface area contributed by atoms with Crippen LogP contribution in [0.2, 0.25) is 0 Å². The summed E-state index contributed by atoms with van der Waals surface area (Å²) in [6, 6.07) is 11.2. The first-order chi connectivity index (χ1) is 16.7. The molecule has 0 fully saturated rings. The third-order valence-electron chi connectivity index (χ3n) is 5.95. The molecule has 7 nitrogen and oxygen atoms in total. The summed E-state index contributed by atoms with van der Waals surface area (Å²) in [5.74, 6) is -4.26. The van der Waals surface area contributed by atoms with Crippen LogP contribution in [0.5, 0.6) is 0 Å². The van der Waals surface area contributed by atoms with E-state index in [1.807, 2.05) is 0 Å². The Morgan fingerprint density at radius 3 is 2.74 bits per heavy atom. The number of carbonyl (C=O) groups excluding carboxylic acids is 1. The Balaban J connectivity index is 1.44. The minimum Gasteiger partial charge on any atom is -0.344 e. The molecule has 2 aromatic carbocycles. The average Bonchev–Trinajstić information content (AvgIpc) is 3.40. The van der Waals surface area contributed by atoms with Gasteiger partial charge in [-0.25, -0.2) is 23.1 Å². The number of carbonyl (C=O) groups is 1. The number of aryl methyl sites for hydroxylation is 1. The Morgan fingerprint density at radius 1 is 1.20 bits per heavy atom. The molecule has 3 heterocycles. The van der Waals surface area contributed by atoms with Gasteiger partial charge in [0.1, 0.15) is 22.7 Å². The largest absolute Gasteiger partial charge is 0.344 e. The monoisotopic (exact) mass is 478 g/mol. The van der Waals surface area contributed by atoms with Crippen molar-refractivity contribution in [3.63, 3.8) is 0 Å². The average molecular weight is 478 g/mol. The highest BCUT2D eigenvalue weighted by Crippen LogP contribution is 2.29. The van der Waals surface area contributed by atoms with Crippen LogP contribution in [0.3, 0.4) is 0 Å². The predicted molar refractivity (Wildman–Crippen MR) is 126 cm³/mol. The molecule has 35 heavy (non-hydrogen) atoms. The van der Waals surface area contributed by atoms with E-state index in [4.69, 9.17) is 0 Å². The van der Waals surface area contributed by atoms with Crippen molar-refractivity contribution in [1.82, 2.24) is 30.0 Å². The van der Waals surface area contributed by atoms with Crippen LogP contribution < -0.4 is 5.32 Å². The van der Waals surface area contributed by atoms with Crippen LogP contribution >= 0.6 is 0 Å². The molecular formula is C25H21F3N6O. The van der Waals surface area contributed by atoms with Crippen LogP contribution in [0, 0.1) is 5.82 Å². The van der Waals surface area contributed by atoms with Crippen LogP contribution in [0.1, 0.15) is 22.8 Å². The van der Waals surface area contributed by atoms with Gasteiger partial charge >= 0.3 is 0 Å². The highest BCUT2D eigenvalue weighted by molar-refractivity contribution is 6.05. The lowest BCUT2D eigenvalue weighted by Crippen LogP contribution is -2.46. The van der Waals surface area contributed by atoms with Crippen molar-refractivity contribution in [3.05, 3.63) is 77.9 Å². The van der Waals surface area contributed by atoms with E-state index in [2.05, 4.69) is 25.4 Å². The fraction of sp³-hybridized carbons (Fsp3) is 0.200. The number of nitrogens with zero attached hydrogens (tertiary/aromatic N) is 4. The summed E-state index contributed by atoms with van der Waals surface area (Å²) < 4.78 is 44.8. The lowest BCUT2D eigenvalue weighted by molar-refractivity contribution is -0.0290. The van der Waals surface area contributed by atoms with Crippen LogP contribution in [-0.4, -0.2) is 42.6 Å². The molecule has 0 aliphatic rings. The van der Waals surface area contributed by atoms with Crippen molar-refractivity contribution in [1.29, 1.82) is 0 Å². The molecule has 1 amide bonds. The minimum absolute atomic E-state index is 0.0861. The van der Waals surface area contributed by atoms with Gasteiger partial charge in [-0.05, 0) is 30.7 Å². The number of hydrogen-bond acceptors (Lipinski definition) is 4. The number of aromatic amines is 1. The summed E-state index contributed by atoms with van der Waals surface area (Å²) in [5.41, 5.74) is 2.52. The van der Waals surface area contributed by atoms with E-state index < -0.39 is 30.1 Å². The smallest absolute Gasteiger partial charge is 0.271 e. The summed E-state index contributed by atoms with van der Waals surface area (Å²) in [6.07, 6.45) is 2.38. The topological polar surface area (TPSA) is 88.5 Å². The fourth-order valence-corrected chi connectivity index (χ4v) is 4.00. The first-order valence-electron chi connectivity index (χ1n) is 10.9. The molecule has 0 saturated heterocycles. The van der Waals surface area contributed by atoms with Crippen LogP contribution in [0.15, 0.2) is 60.9 Å². The fourth-order valence-electron chi connectivity index (χ4n) is 4.00. The number of H-pyrrole nitrogens is 1. The zero-order valence-corrected chi connectivity index (χ0v) is 18.9. The number of halogens is 3. The van der Waals surface area contributed by atoms with E-state index >= 15 is 0 Å². The van der Waals surface area contributed by atoms with Crippen molar-refractivity contribution in [2.75, 3.05) is 0 Å². The van der Waals surface area contributed by atoms with Crippen LogP contribution in [0.4, 0.5) is 13.2 Å². The minimum atomic E-state index is -3.16. The summed E-state index contributed by atoms with van der Waals surface area (Å²) in [5, 5.41) is 7.49. The molecule has 0 bridgehead atoms. The molecular weight excluding hydrogens is 457 g/mol. The number of amides is 1. The molecule has 5 rings (SSSR count). The molecule has 2 N–H and O–H groups in total. The van der Waals surface area contributed by atoms with Crippen molar-refractivity contribution in [2.24, 2.45) is 7.05 Å². The highest BCUT2D eigenvalue weighted by Gasteiger charge is 2.38. The van der Waals surface area contributed by atoms with Gasteiger partial charge < -0.3 is 10.3 Å².